The molecular formula is C22H26N2O5. The van der Waals surface area contributed by atoms with Gasteiger partial charge in [-0.1, -0.05) is 26.2 Å². The van der Waals surface area contributed by atoms with Crippen LogP contribution in [0.15, 0.2) is 33.5 Å². The van der Waals surface area contributed by atoms with Crippen LogP contribution < -0.4 is 15.7 Å². The van der Waals surface area contributed by atoms with E-state index in [2.05, 4.69) is 5.32 Å². The van der Waals surface area contributed by atoms with Crippen LogP contribution in [0.1, 0.15) is 55.8 Å². The molecular weight excluding hydrogens is 372 g/mol. The van der Waals surface area contributed by atoms with Gasteiger partial charge in [0.15, 0.2) is 0 Å². The molecule has 0 radical (unpaired) electrons. The molecule has 2 amide bonds. The van der Waals surface area contributed by atoms with Gasteiger partial charge in [-0.05, 0) is 37.5 Å². The first-order valence-corrected chi connectivity index (χ1v) is 10.4. The lowest BCUT2D eigenvalue weighted by Crippen LogP contribution is -2.67. The average molecular weight is 398 g/mol. The fourth-order valence-corrected chi connectivity index (χ4v) is 4.41. The average Bonchev–Trinajstić information content (AvgIpc) is 2.74. The van der Waals surface area contributed by atoms with Gasteiger partial charge >= 0.3 is 5.63 Å². The molecule has 7 heteroatoms. The van der Waals surface area contributed by atoms with Gasteiger partial charge in [0.05, 0.1) is 6.61 Å². The van der Waals surface area contributed by atoms with Crippen molar-refractivity contribution >= 4 is 22.8 Å². The second-order valence-electron chi connectivity index (χ2n) is 7.80. The number of ether oxygens (including phenoxy) is 1. The summed E-state index contributed by atoms with van der Waals surface area (Å²) in [5, 5.41) is 3.55. The maximum absolute atomic E-state index is 13.4. The van der Waals surface area contributed by atoms with Crippen LogP contribution in [-0.2, 0) is 4.79 Å². The van der Waals surface area contributed by atoms with E-state index < -0.39 is 17.1 Å². The van der Waals surface area contributed by atoms with Crippen molar-refractivity contribution in [3.63, 3.8) is 0 Å². The number of carbonyl (C=O) groups is 2. The third kappa shape index (κ3) is 3.50. The predicted molar refractivity (Wildman–Crippen MR) is 108 cm³/mol. The van der Waals surface area contributed by atoms with Crippen molar-refractivity contribution in [3.8, 4) is 5.75 Å². The van der Waals surface area contributed by atoms with E-state index in [1.54, 1.807) is 29.2 Å². The molecule has 1 saturated heterocycles. The number of rotatable bonds is 4. The zero-order valence-corrected chi connectivity index (χ0v) is 16.7. The molecule has 0 atom stereocenters. The Labute approximate surface area is 169 Å². The van der Waals surface area contributed by atoms with Crippen LogP contribution in [0.5, 0.6) is 5.75 Å². The Balaban J connectivity index is 1.69. The Kier molecular flexibility index (Phi) is 5.30. The number of hydrogen-bond donors (Lipinski definition) is 1. The Morgan fingerprint density at radius 1 is 1.21 bits per heavy atom. The van der Waals surface area contributed by atoms with Crippen LogP contribution in [-0.4, -0.2) is 41.9 Å². The number of piperazine rings is 1. The summed E-state index contributed by atoms with van der Waals surface area (Å²) in [7, 11) is 0. The predicted octanol–water partition coefficient (Wildman–Crippen LogP) is 2.86. The lowest BCUT2D eigenvalue weighted by molar-refractivity contribution is -0.137. The topological polar surface area (TPSA) is 88.9 Å². The van der Waals surface area contributed by atoms with Gasteiger partial charge in [0.2, 0.25) is 5.91 Å². The number of fused-ring (bicyclic) bond motifs is 1. The van der Waals surface area contributed by atoms with Crippen LogP contribution in [0.2, 0.25) is 0 Å². The summed E-state index contributed by atoms with van der Waals surface area (Å²) in [5.41, 5.74) is -1.19. The van der Waals surface area contributed by atoms with E-state index >= 15 is 0 Å². The monoisotopic (exact) mass is 398 g/mol. The van der Waals surface area contributed by atoms with E-state index in [1.165, 1.54) is 0 Å². The van der Waals surface area contributed by atoms with Crippen LogP contribution in [0.4, 0.5) is 0 Å². The highest BCUT2D eigenvalue weighted by molar-refractivity contribution is 6.01. The molecule has 0 unspecified atom stereocenters. The van der Waals surface area contributed by atoms with Crippen LogP contribution in [0, 0.1) is 0 Å². The third-order valence-corrected chi connectivity index (χ3v) is 5.90. The lowest BCUT2D eigenvalue weighted by atomic mass is 9.78. The Morgan fingerprint density at radius 2 is 2.00 bits per heavy atom. The molecule has 29 heavy (non-hydrogen) atoms. The van der Waals surface area contributed by atoms with E-state index in [-0.39, 0.29) is 11.5 Å². The summed E-state index contributed by atoms with van der Waals surface area (Å²) in [6, 6.07) is 6.80. The fourth-order valence-electron chi connectivity index (χ4n) is 4.41. The smallest absolute Gasteiger partial charge is 0.349 e. The highest BCUT2D eigenvalue weighted by Gasteiger charge is 2.49. The van der Waals surface area contributed by atoms with Gasteiger partial charge in [0.25, 0.3) is 5.91 Å². The summed E-state index contributed by atoms with van der Waals surface area (Å²) in [6.45, 7) is 3.37. The zero-order chi connectivity index (χ0) is 20.4. The summed E-state index contributed by atoms with van der Waals surface area (Å²) >= 11 is 0. The second-order valence-corrected chi connectivity index (χ2v) is 7.80. The molecule has 2 heterocycles. The molecule has 4 rings (SSSR count). The molecule has 1 aromatic carbocycles. The van der Waals surface area contributed by atoms with Crippen molar-refractivity contribution in [1.29, 1.82) is 0 Å². The first kappa shape index (κ1) is 19.5. The Bertz CT molecular complexity index is 990. The third-order valence-electron chi connectivity index (χ3n) is 5.90. The van der Waals surface area contributed by atoms with Gasteiger partial charge < -0.3 is 19.4 Å². The fraction of sp³-hybridized carbons (Fsp3) is 0.500. The number of nitrogens with zero attached hydrogens (tertiary/aromatic N) is 1. The molecule has 1 saturated carbocycles. The van der Waals surface area contributed by atoms with Crippen LogP contribution >= 0.6 is 0 Å². The summed E-state index contributed by atoms with van der Waals surface area (Å²) in [6.07, 6.45) is 4.97. The van der Waals surface area contributed by atoms with Crippen molar-refractivity contribution in [3.05, 3.63) is 40.2 Å². The highest BCUT2D eigenvalue weighted by Crippen LogP contribution is 2.36. The summed E-state index contributed by atoms with van der Waals surface area (Å²) in [4.78, 5) is 40.3. The van der Waals surface area contributed by atoms with Gasteiger partial charge in [-0.2, -0.15) is 0 Å². The van der Waals surface area contributed by atoms with Crippen LogP contribution in [0.3, 0.4) is 0 Å². The largest absolute Gasteiger partial charge is 0.493 e. The summed E-state index contributed by atoms with van der Waals surface area (Å²) < 4.78 is 11.0. The van der Waals surface area contributed by atoms with E-state index in [9.17, 15) is 14.4 Å². The van der Waals surface area contributed by atoms with Crippen molar-refractivity contribution in [2.24, 2.45) is 0 Å². The van der Waals surface area contributed by atoms with E-state index in [0.29, 0.717) is 49.3 Å². The van der Waals surface area contributed by atoms with Gasteiger partial charge in [-0.25, -0.2) is 4.79 Å². The van der Waals surface area contributed by atoms with Crippen LogP contribution in [0.25, 0.3) is 11.0 Å². The molecule has 1 N–H and O–H groups in total. The molecule has 2 aromatic rings. The minimum atomic E-state index is -0.854. The minimum Gasteiger partial charge on any atom is -0.493 e. The van der Waals surface area contributed by atoms with E-state index in [4.69, 9.17) is 9.15 Å². The minimum absolute atomic E-state index is 0.0284. The maximum atomic E-state index is 13.4. The molecule has 1 aliphatic heterocycles. The van der Waals surface area contributed by atoms with Gasteiger partial charge in [-0.15, -0.1) is 0 Å². The number of nitrogens with one attached hydrogen (secondary N) is 1. The van der Waals surface area contributed by atoms with E-state index in [0.717, 1.165) is 25.7 Å². The molecule has 2 fully saturated rings. The van der Waals surface area contributed by atoms with Crippen molar-refractivity contribution in [2.75, 3.05) is 19.7 Å². The Hall–Kier alpha value is -2.83. The van der Waals surface area contributed by atoms with Crippen molar-refractivity contribution in [2.45, 2.75) is 51.0 Å². The van der Waals surface area contributed by atoms with Crippen molar-refractivity contribution in [1.82, 2.24) is 10.2 Å². The SMILES string of the molecule is CCCOc1ccc2cc(C(=O)N3CCNC(=O)C34CCCCC4)c(=O)oc2c1. The van der Waals surface area contributed by atoms with Gasteiger partial charge in [0.1, 0.15) is 22.4 Å². The van der Waals surface area contributed by atoms with Crippen molar-refractivity contribution < 1.29 is 18.7 Å². The van der Waals surface area contributed by atoms with E-state index in [1.807, 2.05) is 6.92 Å². The Morgan fingerprint density at radius 3 is 2.76 bits per heavy atom. The molecule has 0 bridgehead atoms. The molecule has 1 spiro atoms. The number of amides is 2. The summed E-state index contributed by atoms with van der Waals surface area (Å²) in [5.74, 6) is 0.0823. The standard InChI is InChI=1S/C22H26N2O5/c1-2-12-28-16-7-6-15-13-17(20(26)29-18(15)14-16)19(25)24-11-10-23-21(27)22(24)8-4-3-5-9-22/h6-7,13-14H,2-5,8-12H2,1H3,(H,23,27). The molecule has 1 aromatic heterocycles. The molecule has 7 nitrogen and oxygen atoms in total. The highest BCUT2D eigenvalue weighted by atomic mass is 16.5. The number of carbonyl (C=O) groups excluding carboxylic acids is 2. The molecule has 154 valence electrons. The lowest BCUT2D eigenvalue weighted by Gasteiger charge is -2.47. The second kappa shape index (κ2) is 7.89. The molecule has 2 aliphatic rings. The molecule has 1 aliphatic carbocycles. The first-order valence-electron chi connectivity index (χ1n) is 10.4. The zero-order valence-electron chi connectivity index (χ0n) is 16.7. The number of benzene rings is 1. The normalized spacial score (nSPS) is 18.7. The van der Waals surface area contributed by atoms with Gasteiger partial charge in [-0.3, -0.25) is 9.59 Å². The maximum Gasteiger partial charge on any atom is 0.349 e. The number of hydrogen-bond acceptors (Lipinski definition) is 5. The van der Waals surface area contributed by atoms with Gasteiger partial charge in [0, 0.05) is 24.5 Å². The quantitative estimate of drug-likeness (QED) is 0.800. The first-order chi connectivity index (χ1) is 14.0.